The Kier molecular flexibility index (Phi) is 3.36. The number of nitrogens with zero attached hydrogens (tertiary/aromatic N) is 2. The van der Waals surface area contributed by atoms with Gasteiger partial charge >= 0.3 is 0 Å². The highest BCUT2D eigenvalue weighted by Gasteiger charge is 2.23. The second kappa shape index (κ2) is 4.66. The first-order valence-electron chi connectivity index (χ1n) is 4.97. The van der Waals surface area contributed by atoms with Crippen molar-refractivity contribution in [3.8, 4) is 0 Å². The molecule has 2 aromatic rings. The van der Waals surface area contributed by atoms with E-state index >= 15 is 0 Å². The fourth-order valence-corrected chi connectivity index (χ4v) is 4.08. The first-order chi connectivity index (χ1) is 8.48. The molecule has 0 bridgehead atoms. The highest BCUT2D eigenvalue weighted by molar-refractivity contribution is 9.10. The topological polar surface area (TPSA) is 69.0 Å². The van der Waals surface area contributed by atoms with Crippen molar-refractivity contribution in [3.05, 3.63) is 46.5 Å². The molecular formula is C11H9BrN2O3S. The van der Waals surface area contributed by atoms with Crippen molar-refractivity contribution >= 4 is 32.2 Å². The summed E-state index contributed by atoms with van der Waals surface area (Å²) in [6, 6.07) is 4.46. The largest absolute Gasteiger partial charge is 0.298 e. The van der Waals surface area contributed by atoms with Crippen LogP contribution in [0.3, 0.4) is 0 Å². The fraction of sp³-hybridized carbons (Fsp3) is 0.0909. The van der Waals surface area contributed by atoms with Gasteiger partial charge in [-0.25, -0.2) is 12.4 Å². The molecule has 94 valence electrons. The van der Waals surface area contributed by atoms with Gasteiger partial charge in [-0.1, -0.05) is 0 Å². The molecule has 5 nitrogen and oxygen atoms in total. The minimum atomic E-state index is -3.74. The highest BCUT2D eigenvalue weighted by Crippen LogP contribution is 2.25. The van der Waals surface area contributed by atoms with Gasteiger partial charge in [0, 0.05) is 23.7 Å². The Labute approximate surface area is 113 Å². The van der Waals surface area contributed by atoms with Gasteiger partial charge in [-0.05, 0) is 41.1 Å². The molecule has 0 aliphatic rings. The minimum Gasteiger partial charge on any atom is -0.298 e. The van der Waals surface area contributed by atoms with Gasteiger partial charge in [-0.2, -0.15) is 0 Å². The summed E-state index contributed by atoms with van der Waals surface area (Å²) in [5, 5.41) is 0. The molecule has 0 saturated carbocycles. The van der Waals surface area contributed by atoms with E-state index in [4.69, 9.17) is 0 Å². The maximum Gasteiger partial charge on any atom is 0.270 e. The number of hydrogen-bond acceptors (Lipinski definition) is 4. The third kappa shape index (κ3) is 1.99. The van der Waals surface area contributed by atoms with Gasteiger partial charge in [-0.3, -0.25) is 9.78 Å². The quantitative estimate of drug-likeness (QED) is 0.808. The molecule has 0 N–H and O–H groups in total. The lowest BCUT2D eigenvalue weighted by atomic mass is 10.3. The molecule has 0 aliphatic heterocycles. The maximum absolute atomic E-state index is 12.4. The number of aromatic nitrogens is 2. The van der Waals surface area contributed by atoms with Gasteiger partial charge in [0.05, 0.1) is 0 Å². The molecule has 2 rings (SSSR count). The average Bonchev–Trinajstić information content (AvgIpc) is 2.65. The Morgan fingerprint density at radius 2 is 2.17 bits per heavy atom. The second-order valence-electron chi connectivity index (χ2n) is 3.58. The predicted octanol–water partition coefficient (Wildman–Crippen LogP) is 2.00. The van der Waals surface area contributed by atoms with E-state index in [1.807, 2.05) is 0 Å². The summed E-state index contributed by atoms with van der Waals surface area (Å²) in [5.41, 5.74) is 0.690. The van der Waals surface area contributed by atoms with Crippen LogP contribution in [0.15, 0.2) is 40.1 Å². The number of pyridine rings is 1. The number of hydrogen-bond donors (Lipinski definition) is 0. The van der Waals surface area contributed by atoms with Crippen molar-refractivity contribution in [2.24, 2.45) is 0 Å². The second-order valence-corrected chi connectivity index (χ2v) is 6.18. The summed E-state index contributed by atoms with van der Waals surface area (Å²) >= 11 is 3.15. The predicted molar refractivity (Wildman–Crippen MR) is 69.1 cm³/mol. The standard InChI is InChI=1S/C11H9BrN2O3S/c1-8-9(7-15)5-11(12)14(8)18(16,17)10-3-2-4-13-6-10/h2-7H,1H3. The Bertz CT molecular complexity index is 693. The van der Waals surface area contributed by atoms with E-state index in [0.717, 1.165) is 3.97 Å². The summed E-state index contributed by atoms with van der Waals surface area (Å²) in [6.45, 7) is 1.57. The monoisotopic (exact) mass is 328 g/mol. The number of aldehydes is 1. The van der Waals surface area contributed by atoms with E-state index in [1.165, 1.54) is 24.5 Å². The zero-order valence-electron chi connectivity index (χ0n) is 9.37. The van der Waals surface area contributed by atoms with Crippen molar-refractivity contribution < 1.29 is 13.2 Å². The van der Waals surface area contributed by atoms with Gasteiger partial charge in [-0.15, -0.1) is 0 Å². The Morgan fingerprint density at radius 1 is 1.44 bits per heavy atom. The molecule has 0 amide bonds. The number of carbonyl (C=O) groups is 1. The van der Waals surface area contributed by atoms with Crippen molar-refractivity contribution in [1.29, 1.82) is 0 Å². The smallest absolute Gasteiger partial charge is 0.270 e. The molecule has 0 aliphatic carbocycles. The first-order valence-corrected chi connectivity index (χ1v) is 7.20. The summed E-state index contributed by atoms with van der Waals surface area (Å²) in [7, 11) is -3.74. The Balaban J connectivity index is 2.70. The maximum atomic E-state index is 12.4. The average molecular weight is 329 g/mol. The van der Waals surface area contributed by atoms with Gasteiger partial charge in [0.2, 0.25) is 0 Å². The van der Waals surface area contributed by atoms with Crippen LogP contribution in [0.4, 0.5) is 0 Å². The third-order valence-electron chi connectivity index (χ3n) is 2.49. The van der Waals surface area contributed by atoms with Crippen LogP contribution in [0, 0.1) is 6.92 Å². The van der Waals surface area contributed by atoms with E-state index in [-0.39, 0.29) is 4.90 Å². The van der Waals surface area contributed by atoms with Crippen molar-refractivity contribution in [1.82, 2.24) is 8.96 Å². The van der Waals surface area contributed by atoms with Gasteiger partial charge in [0.25, 0.3) is 10.0 Å². The van der Waals surface area contributed by atoms with Gasteiger partial charge in [0.15, 0.2) is 6.29 Å². The lowest BCUT2D eigenvalue weighted by molar-refractivity contribution is 0.112. The van der Waals surface area contributed by atoms with Crippen LogP contribution in [0.2, 0.25) is 0 Å². The van der Waals surface area contributed by atoms with E-state index in [2.05, 4.69) is 20.9 Å². The van der Waals surface area contributed by atoms with Crippen LogP contribution in [0.25, 0.3) is 0 Å². The summed E-state index contributed by atoms with van der Waals surface area (Å²) < 4.78 is 26.2. The van der Waals surface area contributed by atoms with E-state index in [1.54, 1.807) is 13.0 Å². The summed E-state index contributed by atoms with van der Waals surface area (Å²) in [4.78, 5) is 14.7. The Hall–Kier alpha value is -1.47. The lowest BCUT2D eigenvalue weighted by Gasteiger charge is -2.09. The molecule has 7 heteroatoms. The van der Waals surface area contributed by atoms with Gasteiger partial charge in [0.1, 0.15) is 9.50 Å². The van der Waals surface area contributed by atoms with Crippen molar-refractivity contribution in [2.45, 2.75) is 11.8 Å². The molecular weight excluding hydrogens is 320 g/mol. The molecule has 0 spiro atoms. The molecule has 0 aromatic carbocycles. The fourth-order valence-electron chi connectivity index (χ4n) is 1.59. The van der Waals surface area contributed by atoms with E-state index in [9.17, 15) is 13.2 Å². The van der Waals surface area contributed by atoms with Crippen LogP contribution in [0.1, 0.15) is 16.1 Å². The highest BCUT2D eigenvalue weighted by atomic mass is 79.9. The molecule has 0 atom stereocenters. The molecule has 0 radical (unpaired) electrons. The first kappa shape index (κ1) is 13.0. The van der Waals surface area contributed by atoms with Crippen LogP contribution >= 0.6 is 15.9 Å². The molecule has 18 heavy (non-hydrogen) atoms. The minimum absolute atomic E-state index is 0.0712. The molecule has 0 unspecified atom stereocenters. The third-order valence-corrected chi connectivity index (χ3v) is 5.10. The number of rotatable bonds is 3. The molecule has 2 heterocycles. The van der Waals surface area contributed by atoms with E-state index in [0.29, 0.717) is 22.1 Å². The number of halogens is 1. The van der Waals surface area contributed by atoms with Crippen LogP contribution in [0.5, 0.6) is 0 Å². The van der Waals surface area contributed by atoms with Crippen LogP contribution in [-0.2, 0) is 10.0 Å². The zero-order chi connectivity index (χ0) is 13.3. The van der Waals surface area contributed by atoms with Gasteiger partial charge < -0.3 is 0 Å². The Morgan fingerprint density at radius 3 is 2.67 bits per heavy atom. The molecule has 2 aromatic heterocycles. The van der Waals surface area contributed by atoms with Crippen LogP contribution < -0.4 is 0 Å². The summed E-state index contributed by atoms with van der Waals surface area (Å²) in [5.74, 6) is 0. The van der Waals surface area contributed by atoms with Crippen molar-refractivity contribution in [2.75, 3.05) is 0 Å². The molecule has 0 saturated heterocycles. The van der Waals surface area contributed by atoms with Crippen molar-refractivity contribution in [3.63, 3.8) is 0 Å². The lowest BCUT2D eigenvalue weighted by Crippen LogP contribution is -2.15. The molecule has 0 fully saturated rings. The normalized spacial score (nSPS) is 11.4. The van der Waals surface area contributed by atoms with E-state index < -0.39 is 10.0 Å². The van der Waals surface area contributed by atoms with Crippen LogP contribution in [-0.4, -0.2) is 23.7 Å². The number of carbonyl (C=O) groups excluding carboxylic acids is 1. The summed E-state index contributed by atoms with van der Waals surface area (Å²) in [6.07, 6.45) is 3.38. The SMILES string of the molecule is Cc1c(C=O)cc(Br)n1S(=O)(=O)c1cccnc1. The zero-order valence-corrected chi connectivity index (χ0v) is 11.8.